The Bertz CT molecular complexity index is 435. The second-order valence-electron chi connectivity index (χ2n) is 6.92. The molecule has 1 aliphatic heterocycles. The van der Waals surface area contributed by atoms with Crippen LogP contribution in [0.25, 0.3) is 0 Å². The highest BCUT2D eigenvalue weighted by Gasteiger charge is 2.26. The van der Waals surface area contributed by atoms with Crippen LogP contribution < -0.4 is 10.0 Å². The van der Waals surface area contributed by atoms with Crippen molar-refractivity contribution in [1.29, 1.82) is 0 Å². The van der Waals surface area contributed by atoms with Crippen LogP contribution in [0.2, 0.25) is 0 Å². The third-order valence-corrected chi connectivity index (χ3v) is 5.01. The SMILES string of the molecule is CCCS(=O)(=O)NC1CCN(C(=O)NCC(C)(C)C)CC1. The lowest BCUT2D eigenvalue weighted by molar-refractivity contribution is 0.176. The lowest BCUT2D eigenvalue weighted by Gasteiger charge is -2.33. The Kier molecular flexibility index (Phi) is 6.46. The molecule has 124 valence electrons. The van der Waals surface area contributed by atoms with Gasteiger partial charge < -0.3 is 10.2 Å². The number of hydrogen-bond acceptors (Lipinski definition) is 3. The van der Waals surface area contributed by atoms with Crippen LogP contribution in [0.15, 0.2) is 0 Å². The van der Waals surface area contributed by atoms with Gasteiger partial charge in [0.1, 0.15) is 0 Å². The van der Waals surface area contributed by atoms with Crippen molar-refractivity contribution in [1.82, 2.24) is 14.9 Å². The first-order valence-corrected chi connectivity index (χ1v) is 9.31. The van der Waals surface area contributed by atoms with Crippen molar-refractivity contribution in [3.63, 3.8) is 0 Å². The number of nitrogens with zero attached hydrogens (tertiary/aromatic N) is 1. The van der Waals surface area contributed by atoms with Crippen molar-refractivity contribution in [3.8, 4) is 0 Å². The van der Waals surface area contributed by atoms with Crippen molar-refractivity contribution in [3.05, 3.63) is 0 Å². The molecule has 0 radical (unpaired) electrons. The summed E-state index contributed by atoms with van der Waals surface area (Å²) in [6.45, 7) is 9.88. The van der Waals surface area contributed by atoms with E-state index in [1.165, 1.54) is 0 Å². The molecule has 0 atom stereocenters. The van der Waals surface area contributed by atoms with Gasteiger partial charge in [0.05, 0.1) is 5.75 Å². The molecule has 0 unspecified atom stereocenters. The molecule has 0 aromatic rings. The summed E-state index contributed by atoms with van der Waals surface area (Å²) in [7, 11) is -3.17. The van der Waals surface area contributed by atoms with Crippen molar-refractivity contribution in [2.45, 2.75) is 53.0 Å². The van der Waals surface area contributed by atoms with Crippen LogP contribution in [-0.4, -0.2) is 50.8 Å². The predicted molar refractivity (Wildman–Crippen MR) is 84.7 cm³/mol. The first-order chi connectivity index (χ1) is 9.63. The van der Waals surface area contributed by atoms with E-state index in [1.54, 1.807) is 4.90 Å². The highest BCUT2D eigenvalue weighted by Crippen LogP contribution is 2.13. The Balaban J connectivity index is 2.37. The van der Waals surface area contributed by atoms with Gasteiger partial charge in [0, 0.05) is 25.7 Å². The van der Waals surface area contributed by atoms with E-state index in [4.69, 9.17) is 0 Å². The maximum atomic E-state index is 12.0. The molecule has 6 nitrogen and oxygen atoms in total. The molecule has 0 aromatic heterocycles. The Morgan fingerprint density at radius 2 is 1.81 bits per heavy atom. The molecule has 0 saturated carbocycles. The summed E-state index contributed by atoms with van der Waals surface area (Å²) in [5, 5.41) is 2.92. The predicted octanol–water partition coefficient (Wildman–Crippen LogP) is 1.54. The number of sulfonamides is 1. The summed E-state index contributed by atoms with van der Waals surface area (Å²) in [6.07, 6.45) is 1.96. The lowest BCUT2D eigenvalue weighted by atomic mass is 9.97. The molecule has 0 spiro atoms. The summed E-state index contributed by atoms with van der Waals surface area (Å²) in [5.41, 5.74) is 0.0593. The fourth-order valence-corrected chi connectivity index (χ4v) is 3.63. The van der Waals surface area contributed by atoms with E-state index in [1.807, 2.05) is 6.92 Å². The molecular weight excluding hydrogens is 290 g/mol. The van der Waals surface area contributed by atoms with Gasteiger partial charge in [0.2, 0.25) is 10.0 Å². The molecule has 0 aliphatic carbocycles. The average Bonchev–Trinajstić information content (AvgIpc) is 2.35. The van der Waals surface area contributed by atoms with Crippen molar-refractivity contribution >= 4 is 16.1 Å². The summed E-state index contributed by atoms with van der Waals surface area (Å²) in [6, 6.07) is -0.104. The number of rotatable bonds is 5. The van der Waals surface area contributed by atoms with E-state index in [9.17, 15) is 13.2 Å². The molecule has 1 aliphatic rings. The minimum absolute atomic E-state index is 0.0479. The zero-order valence-corrected chi connectivity index (χ0v) is 14.4. The van der Waals surface area contributed by atoms with Gasteiger partial charge in [0.25, 0.3) is 0 Å². The summed E-state index contributed by atoms with van der Waals surface area (Å²) in [4.78, 5) is 13.8. The molecule has 1 saturated heterocycles. The molecular formula is C14H29N3O3S. The smallest absolute Gasteiger partial charge is 0.317 e. The van der Waals surface area contributed by atoms with E-state index in [-0.39, 0.29) is 23.2 Å². The molecule has 0 bridgehead atoms. The molecule has 21 heavy (non-hydrogen) atoms. The maximum Gasteiger partial charge on any atom is 0.317 e. The number of nitrogens with one attached hydrogen (secondary N) is 2. The summed E-state index contributed by atoms with van der Waals surface area (Å²) >= 11 is 0. The first-order valence-electron chi connectivity index (χ1n) is 7.66. The molecule has 1 heterocycles. The number of amides is 2. The number of urea groups is 1. The van der Waals surface area contributed by atoms with Gasteiger partial charge in [-0.05, 0) is 24.7 Å². The summed E-state index contributed by atoms with van der Waals surface area (Å²) < 4.78 is 26.2. The fourth-order valence-electron chi connectivity index (χ4n) is 2.23. The molecule has 2 amide bonds. The van der Waals surface area contributed by atoms with E-state index < -0.39 is 10.0 Å². The Labute approximate surface area is 128 Å². The van der Waals surface area contributed by atoms with Crippen LogP contribution in [0.5, 0.6) is 0 Å². The fraction of sp³-hybridized carbons (Fsp3) is 0.929. The number of likely N-dealkylation sites (tertiary alicyclic amines) is 1. The zero-order valence-electron chi connectivity index (χ0n) is 13.6. The van der Waals surface area contributed by atoms with Gasteiger partial charge in [-0.2, -0.15) is 0 Å². The maximum absolute atomic E-state index is 12.0. The van der Waals surface area contributed by atoms with Gasteiger partial charge in [-0.3, -0.25) is 0 Å². The van der Waals surface area contributed by atoms with Crippen molar-refractivity contribution in [2.75, 3.05) is 25.4 Å². The monoisotopic (exact) mass is 319 g/mol. The Morgan fingerprint density at radius 3 is 2.29 bits per heavy atom. The molecule has 2 N–H and O–H groups in total. The van der Waals surface area contributed by atoms with Crippen molar-refractivity contribution < 1.29 is 13.2 Å². The number of carbonyl (C=O) groups is 1. The van der Waals surface area contributed by atoms with Crippen LogP contribution in [0.4, 0.5) is 4.79 Å². The number of hydrogen-bond donors (Lipinski definition) is 2. The largest absolute Gasteiger partial charge is 0.337 e. The Morgan fingerprint density at radius 1 is 1.24 bits per heavy atom. The third-order valence-electron chi connectivity index (χ3n) is 3.37. The van der Waals surface area contributed by atoms with Crippen LogP contribution in [0.1, 0.15) is 47.0 Å². The second-order valence-corrected chi connectivity index (χ2v) is 8.79. The minimum atomic E-state index is -3.17. The zero-order chi connectivity index (χ0) is 16.1. The second kappa shape index (κ2) is 7.45. The normalized spacial score (nSPS) is 17.8. The van der Waals surface area contributed by atoms with E-state index >= 15 is 0 Å². The number of carbonyl (C=O) groups excluding carboxylic acids is 1. The molecule has 1 fully saturated rings. The molecule has 1 rings (SSSR count). The van der Waals surface area contributed by atoms with E-state index in [0.29, 0.717) is 38.9 Å². The lowest BCUT2D eigenvalue weighted by Crippen LogP contribution is -2.50. The van der Waals surface area contributed by atoms with Gasteiger partial charge >= 0.3 is 6.03 Å². The quantitative estimate of drug-likeness (QED) is 0.807. The summed E-state index contributed by atoms with van der Waals surface area (Å²) in [5.74, 6) is 0.166. The van der Waals surface area contributed by atoms with E-state index in [0.717, 1.165) is 0 Å². The van der Waals surface area contributed by atoms with Gasteiger partial charge in [0.15, 0.2) is 0 Å². The van der Waals surface area contributed by atoms with E-state index in [2.05, 4.69) is 30.8 Å². The molecule has 0 aromatic carbocycles. The van der Waals surface area contributed by atoms with Crippen LogP contribution in [0, 0.1) is 5.41 Å². The van der Waals surface area contributed by atoms with Gasteiger partial charge in [-0.25, -0.2) is 17.9 Å². The average molecular weight is 319 g/mol. The van der Waals surface area contributed by atoms with Crippen LogP contribution >= 0.6 is 0 Å². The van der Waals surface area contributed by atoms with Crippen LogP contribution in [0.3, 0.4) is 0 Å². The third kappa shape index (κ3) is 7.13. The highest BCUT2D eigenvalue weighted by molar-refractivity contribution is 7.89. The molecule has 7 heteroatoms. The first kappa shape index (κ1) is 18.2. The highest BCUT2D eigenvalue weighted by atomic mass is 32.2. The topological polar surface area (TPSA) is 78.5 Å². The van der Waals surface area contributed by atoms with Gasteiger partial charge in [-0.1, -0.05) is 27.7 Å². The standard InChI is InChI=1S/C14H29N3O3S/c1-5-10-21(19,20)16-12-6-8-17(9-7-12)13(18)15-11-14(2,3)4/h12,16H,5-11H2,1-4H3,(H,15,18). The Hall–Kier alpha value is -0.820. The van der Waals surface area contributed by atoms with Crippen LogP contribution in [-0.2, 0) is 10.0 Å². The number of piperidine rings is 1. The van der Waals surface area contributed by atoms with Crippen molar-refractivity contribution in [2.24, 2.45) is 5.41 Å². The van der Waals surface area contributed by atoms with Gasteiger partial charge in [-0.15, -0.1) is 0 Å². The minimum Gasteiger partial charge on any atom is -0.337 e.